The SMILES string of the molecule is Cc1ccc(-c2cc(NS(=O)(=O)c3ccccc3C)c(C(=O)O)s2)cc1. The van der Waals surface area contributed by atoms with Gasteiger partial charge in [0.1, 0.15) is 4.88 Å². The van der Waals surface area contributed by atoms with Gasteiger partial charge in [-0.2, -0.15) is 0 Å². The van der Waals surface area contributed by atoms with E-state index in [4.69, 9.17) is 0 Å². The Hall–Kier alpha value is -2.64. The number of hydrogen-bond acceptors (Lipinski definition) is 4. The molecule has 0 spiro atoms. The van der Waals surface area contributed by atoms with Gasteiger partial charge in [0, 0.05) is 4.88 Å². The first-order valence-corrected chi connectivity index (χ1v) is 10.1. The first-order valence-electron chi connectivity index (χ1n) is 7.80. The monoisotopic (exact) mass is 387 g/mol. The van der Waals surface area contributed by atoms with Crippen LogP contribution in [-0.4, -0.2) is 19.5 Å². The largest absolute Gasteiger partial charge is 0.477 e. The van der Waals surface area contributed by atoms with Crippen molar-refractivity contribution in [1.29, 1.82) is 0 Å². The summed E-state index contributed by atoms with van der Waals surface area (Å²) in [5.41, 5.74) is 2.58. The Morgan fingerprint density at radius 1 is 1.04 bits per heavy atom. The number of nitrogens with one attached hydrogen (secondary N) is 1. The fourth-order valence-electron chi connectivity index (χ4n) is 2.54. The third-order valence-electron chi connectivity index (χ3n) is 3.89. The van der Waals surface area contributed by atoms with Crippen LogP contribution >= 0.6 is 11.3 Å². The third kappa shape index (κ3) is 3.63. The van der Waals surface area contributed by atoms with E-state index in [1.807, 2.05) is 31.2 Å². The van der Waals surface area contributed by atoms with Gasteiger partial charge in [0.05, 0.1) is 10.6 Å². The predicted molar refractivity (Wildman–Crippen MR) is 103 cm³/mol. The summed E-state index contributed by atoms with van der Waals surface area (Å²) in [5, 5.41) is 9.47. The van der Waals surface area contributed by atoms with Gasteiger partial charge in [0.25, 0.3) is 10.0 Å². The summed E-state index contributed by atoms with van der Waals surface area (Å²) >= 11 is 1.04. The van der Waals surface area contributed by atoms with E-state index in [1.54, 1.807) is 31.2 Å². The highest BCUT2D eigenvalue weighted by Gasteiger charge is 2.23. The van der Waals surface area contributed by atoms with Crippen LogP contribution in [0.2, 0.25) is 0 Å². The molecule has 7 heteroatoms. The summed E-state index contributed by atoms with van der Waals surface area (Å²) < 4.78 is 27.8. The van der Waals surface area contributed by atoms with Gasteiger partial charge in [0.2, 0.25) is 0 Å². The van der Waals surface area contributed by atoms with Crippen LogP contribution in [0.3, 0.4) is 0 Å². The molecule has 3 rings (SSSR count). The lowest BCUT2D eigenvalue weighted by Crippen LogP contribution is -2.15. The second-order valence-electron chi connectivity index (χ2n) is 5.90. The van der Waals surface area contributed by atoms with Crippen molar-refractivity contribution in [3.05, 3.63) is 70.6 Å². The van der Waals surface area contributed by atoms with E-state index in [-0.39, 0.29) is 15.5 Å². The van der Waals surface area contributed by atoms with Crippen molar-refractivity contribution in [1.82, 2.24) is 0 Å². The van der Waals surface area contributed by atoms with Crippen molar-refractivity contribution >= 4 is 33.0 Å². The van der Waals surface area contributed by atoms with Crippen LogP contribution in [-0.2, 0) is 10.0 Å². The molecule has 0 saturated carbocycles. The lowest BCUT2D eigenvalue weighted by molar-refractivity contribution is 0.0703. The number of rotatable bonds is 5. The molecule has 0 bridgehead atoms. The highest BCUT2D eigenvalue weighted by molar-refractivity contribution is 7.92. The molecule has 0 radical (unpaired) electrons. The molecule has 0 aliphatic carbocycles. The van der Waals surface area contributed by atoms with Crippen LogP contribution in [0.1, 0.15) is 20.8 Å². The average molecular weight is 387 g/mol. The highest BCUT2D eigenvalue weighted by atomic mass is 32.2. The second kappa shape index (κ2) is 6.93. The Bertz CT molecular complexity index is 1070. The number of benzene rings is 2. The van der Waals surface area contributed by atoms with Gasteiger partial charge in [-0.15, -0.1) is 11.3 Å². The van der Waals surface area contributed by atoms with Gasteiger partial charge in [-0.05, 0) is 37.1 Å². The number of anilines is 1. The van der Waals surface area contributed by atoms with Gasteiger partial charge in [-0.25, -0.2) is 13.2 Å². The Morgan fingerprint density at radius 2 is 1.69 bits per heavy atom. The molecule has 1 heterocycles. The Balaban J connectivity index is 2.03. The molecule has 0 atom stereocenters. The standard InChI is InChI=1S/C19H17NO4S2/c1-12-7-9-14(10-8-12)16-11-15(18(25-16)19(21)22)20-26(23,24)17-6-4-3-5-13(17)2/h3-11,20H,1-2H3,(H,21,22). The van der Waals surface area contributed by atoms with Crippen molar-refractivity contribution in [3.63, 3.8) is 0 Å². The molecular weight excluding hydrogens is 370 g/mol. The minimum Gasteiger partial charge on any atom is -0.477 e. The van der Waals surface area contributed by atoms with E-state index in [0.29, 0.717) is 10.4 Å². The molecule has 0 fully saturated rings. The van der Waals surface area contributed by atoms with Crippen molar-refractivity contribution in [2.75, 3.05) is 4.72 Å². The van der Waals surface area contributed by atoms with Gasteiger partial charge in [-0.1, -0.05) is 48.0 Å². The van der Waals surface area contributed by atoms with Gasteiger partial charge >= 0.3 is 5.97 Å². The zero-order valence-electron chi connectivity index (χ0n) is 14.2. The Morgan fingerprint density at radius 3 is 2.31 bits per heavy atom. The molecule has 5 nitrogen and oxygen atoms in total. The topological polar surface area (TPSA) is 83.5 Å². The number of sulfonamides is 1. The van der Waals surface area contributed by atoms with E-state index in [0.717, 1.165) is 22.5 Å². The van der Waals surface area contributed by atoms with Crippen LogP contribution in [0.5, 0.6) is 0 Å². The summed E-state index contributed by atoms with van der Waals surface area (Å²) in [6.45, 7) is 3.65. The molecule has 0 amide bonds. The lowest BCUT2D eigenvalue weighted by atomic mass is 10.1. The maximum atomic E-state index is 12.7. The third-order valence-corrected chi connectivity index (χ3v) is 6.59. The number of carbonyl (C=O) groups is 1. The van der Waals surface area contributed by atoms with Crippen LogP contribution < -0.4 is 4.72 Å². The smallest absolute Gasteiger partial charge is 0.348 e. The Kier molecular flexibility index (Phi) is 4.84. The van der Waals surface area contributed by atoms with Crippen molar-refractivity contribution in [3.8, 4) is 10.4 Å². The maximum Gasteiger partial charge on any atom is 0.348 e. The summed E-state index contributed by atoms with van der Waals surface area (Å²) in [5.74, 6) is -1.17. The molecule has 26 heavy (non-hydrogen) atoms. The molecule has 2 aromatic carbocycles. The van der Waals surface area contributed by atoms with Crippen molar-refractivity contribution in [2.45, 2.75) is 18.7 Å². The normalized spacial score (nSPS) is 11.3. The number of thiophene rings is 1. The van der Waals surface area contributed by atoms with Gasteiger partial charge in [-0.3, -0.25) is 4.72 Å². The molecule has 2 N–H and O–H groups in total. The summed E-state index contributed by atoms with van der Waals surface area (Å²) in [4.78, 5) is 12.4. The van der Waals surface area contributed by atoms with Gasteiger partial charge < -0.3 is 5.11 Å². The first-order chi connectivity index (χ1) is 12.3. The fraction of sp³-hybridized carbons (Fsp3) is 0.105. The minimum absolute atomic E-state index is 0.0438. The van der Waals surface area contributed by atoms with Crippen LogP contribution in [0, 0.1) is 13.8 Å². The van der Waals surface area contributed by atoms with Crippen LogP contribution in [0.4, 0.5) is 5.69 Å². The summed E-state index contributed by atoms with van der Waals surface area (Å²) in [6.07, 6.45) is 0. The number of carboxylic acid groups (broad SMARTS) is 1. The van der Waals surface area contributed by atoms with Crippen LogP contribution in [0.15, 0.2) is 59.5 Å². The second-order valence-corrected chi connectivity index (χ2v) is 8.60. The highest BCUT2D eigenvalue weighted by Crippen LogP contribution is 2.36. The number of carboxylic acids is 1. The van der Waals surface area contributed by atoms with E-state index in [9.17, 15) is 18.3 Å². The summed E-state index contributed by atoms with van der Waals surface area (Å²) in [7, 11) is -3.88. The molecule has 134 valence electrons. The molecular formula is C19H17NO4S2. The molecule has 0 aliphatic rings. The van der Waals surface area contributed by atoms with Gasteiger partial charge in [0.15, 0.2) is 0 Å². The number of hydrogen-bond donors (Lipinski definition) is 2. The minimum atomic E-state index is -3.88. The van der Waals surface area contributed by atoms with Crippen LogP contribution in [0.25, 0.3) is 10.4 Å². The quantitative estimate of drug-likeness (QED) is 0.674. The lowest BCUT2D eigenvalue weighted by Gasteiger charge is -2.09. The molecule has 0 saturated heterocycles. The van der Waals surface area contributed by atoms with E-state index < -0.39 is 16.0 Å². The zero-order valence-corrected chi connectivity index (χ0v) is 15.8. The molecule has 1 aromatic heterocycles. The summed E-state index contributed by atoms with van der Waals surface area (Å²) in [6, 6.07) is 15.7. The van der Waals surface area contributed by atoms with E-state index in [2.05, 4.69) is 4.72 Å². The molecule has 3 aromatic rings. The predicted octanol–water partition coefficient (Wildman–Crippen LogP) is 4.53. The van der Waals surface area contributed by atoms with E-state index in [1.165, 1.54) is 6.07 Å². The van der Waals surface area contributed by atoms with Crippen molar-refractivity contribution in [2.24, 2.45) is 0 Å². The van der Waals surface area contributed by atoms with Crippen molar-refractivity contribution < 1.29 is 18.3 Å². The number of aromatic carboxylic acids is 1. The maximum absolute atomic E-state index is 12.7. The first kappa shape index (κ1) is 18.2. The Labute approximate surface area is 156 Å². The average Bonchev–Trinajstić information content (AvgIpc) is 2.99. The molecule has 0 unspecified atom stereocenters. The molecule has 0 aliphatic heterocycles. The number of aryl methyl sites for hydroxylation is 2. The van der Waals surface area contributed by atoms with E-state index >= 15 is 0 Å². The fourth-order valence-corrected chi connectivity index (χ4v) is 4.88. The zero-order chi connectivity index (χ0) is 18.9.